The van der Waals surface area contributed by atoms with Gasteiger partial charge >= 0.3 is 5.97 Å². The van der Waals surface area contributed by atoms with E-state index in [2.05, 4.69) is 4.98 Å². The summed E-state index contributed by atoms with van der Waals surface area (Å²) in [5, 5.41) is 0.287. The average Bonchev–Trinajstić information content (AvgIpc) is 2.76. The number of carbonyl (C=O) groups is 2. The van der Waals surface area contributed by atoms with Gasteiger partial charge in [0, 0.05) is 11.5 Å². The third-order valence-electron chi connectivity index (χ3n) is 2.69. The summed E-state index contributed by atoms with van der Waals surface area (Å²) in [4.78, 5) is 25.6. The molecule has 0 fully saturated rings. The van der Waals surface area contributed by atoms with Crippen molar-refractivity contribution >= 4 is 23.2 Å². The van der Waals surface area contributed by atoms with Gasteiger partial charge in [0.05, 0.1) is 24.8 Å². The molecule has 0 aliphatic heterocycles. The number of aldehydes is 1. The number of hydrogen-bond donors (Lipinski definition) is 1. The Morgan fingerprint density at radius 2 is 2.21 bits per heavy atom. The first-order valence-corrected chi connectivity index (χ1v) is 5.63. The third-order valence-corrected chi connectivity index (χ3v) is 2.69. The summed E-state index contributed by atoms with van der Waals surface area (Å²) in [5.74, 6) is -1.00. The fourth-order valence-electron chi connectivity index (χ4n) is 1.90. The number of aromatic amines is 1. The van der Waals surface area contributed by atoms with Gasteiger partial charge < -0.3 is 14.5 Å². The van der Waals surface area contributed by atoms with Crippen molar-refractivity contribution in [1.82, 2.24) is 4.98 Å². The van der Waals surface area contributed by atoms with E-state index in [0.29, 0.717) is 11.8 Å². The molecule has 1 N–H and O–H groups in total. The molecule has 19 heavy (non-hydrogen) atoms. The molecule has 1 heterocycles. The molecule has 0 amide bonds. The molecule has 0 saturated carbocycles. The van der Waals surface area contributed by atoms with Crippen LogP contribution in [0.25, 0.3) is 10.9 Å². The van der Waals surface area contributed by atoms with Crippen LogP contribution in [0.1, 0.15) is 27.8 Å². The van der Waals surface area contributed by atoms with Crippen molar-refractivity contribution in [3.63, 3.8) is 0 Å². The highest BCUT2D eigenvalue weighted by Gasteiger charge is 2.21. The van der Waals surface area contributed by atoms with Crippen molar-refractivity contribution in [2.24, 2.45) is 0 Å². The van der Waals surface area contributed by atoms with Crippen molar-refractivity contribution in [3.05, 3.63) is 29.2 Å². The maximum atomic E-state index is 13.4. The summed E-state index contributed by atoms with van der Waals surface area (Å²) in [6.07, 6.45) is 0.490. The van der Waals surface area contributed by atoms with Crippen molar-refractivity contribution in [2.45, 2.75) is 6.92 Å². The Kier molecular flexibility index (Phi) is 3.50. The average molecular weight is 265 g/mol. The van der Waals surface area contributed by atoms with Crippen LogP contribution in [0.5, 0.6) is 5.75 Å². The Hall–Kier alpha value is -2.37. The molecule has 0 bridgehead atoms. The first-order chi connectivity index (χ1) is 9.12. The Labute approximate surface area is 108 Å². The lowest BCUT2D eigenvalue weighted by molar-refractivity contribution is 0.0518. The highest BCUT2D eigenvalue weighted by Crippen LogP contribution is 2.30. The van der Waals surface area contributed by atoms with E-state index in [-0.39, 0.29) is 29.0 Å². The van der Waals surface area contributed by atoms with Crippen LogP contribution in [-0.4, -0.2) is 31.0 Å². The minimum atomic E-state index is -0.664. The molecule has 2 rings (SSSR count). The molecule has 100 valence electrons. The number of carbonyl (C=O) groups excluding carboxylic acids is 2. The summed E-state index contributed by atoms with van der Waals surface area (Å²) >= 11 is 0. The van der Waals surface area contributed by atoms with E-state index in [1.807, 2.05) is 0 Å². The molecule has 5 nitrogen and oxygen atoms in total. The first-order valence-electron chi connectivity index (χ1n) is 5.63. The zero-order valence-corrected chi connectivity index (χ0v) is 10.5. The van der Waals surface area contributed by atoms with Gasteiger partial charge in [-0.2, -0.15) is 0 Å². The predicted molar refractivity (Wildman–Crippen MR) is 66.2 cm³/mol. The van der Waals surface area contributed by atoms with E-state index in [1.165, 1.54) is 19.2 Å². The second kappa shape index (κ2) is 5.09. The van der Waals surface area contributed by atoms with Crippen molar-refractivity contribution in [3.8, 4) is 5.75 Å². The van der Waals surface area contributed by atoms with Gasteiger partial charge in [0.15, 0.2) is 6.29 Å². The second-order valence-corrected chi connectivity index (χ2v) is 3.78. The number of aromatic nitrogens is 1. The van der Waals surface area contributed by atoms with Crippen LogP contribution in [-0.2, 0) is 4.74 Å². The normalized spacial score (nSPS) is 10.5. The van der Waals surface area contributed by atoms with Gasteiger partial charge in [0.2, 0.25) is 0 Å². The standard InChI is InChI=1S/C13H12FNO4/c1-3-19-13(17)12-9(6-16)8-4-7(14)5-10(18-2)11(8)15-12/h4-6,15H,3H2,1-2H3. The topological polar surface area (TPSA) is 68.4 Å². The maximum Gasteiger partial charge on any atom is 0.355 e. The van der Waals surface area contributed by atoms with Crippen LogP contribution >= 0.6 is 0 Å². The fraction of sp³-hybridized carbons (Fsp3) is 0.231. The number of halogens is 1. The first kappa shape index (κ1) is 13.1. The monoisotopic (exact) mass is 265 g/mol. The summed E-state index contributed by atoms with van der Waals surface area (Å²) < 4.78 is 23.3. The van der Waals surface area contributed by atoms with Crippen LogP contribution in [0, 0.1) is 5.82 Å². The summed E-state index contributed by atoms with van der Waals surface area (Å²) in [6, 6.07) is 2.34. The number of benzene rings is 1. The number of H-pyrrole nitrogens is 1. The van der Waals surface area contributed by atoms with Gasteiger partial charge in [-0.1, -0.05) is 0 Å². The Morgan fingerprint density at radius 1 is 1.47 bits per heavy atom. The summed E-state index contributed by atoms with van der Waals surface area (Å²) in [5.41, 5.74) is 0.441. The molecule has 6 heteroatoms. The molecule has 0 aliphatic rings. The second-order valence-electron chi connectivity index (χ2n) is 3.78. The molecule has 1 aromatic carbocycles. The van der Waals surface area contributed by atoms with Gasteiger partial charge in [-0.15, -0.1) is 0 Å². The molecular weight excluding hydrogens is 253 g/mol. The number of hydrogen-bond acceptors (Lipinski definition) is 4. The van der Waals surface area contributed by atoms with Gasteiger partial charge in [0.1, 0.15) is 17.3 Å². The SMILES string of the molecule is CCOC(=O)c1[nH]c2c(OC)cc(F)cc2c1C=O. The van der Waals surface area contributed by atoms with Crippen LogP contribution in [0.15, 0.2) is 12.1 Å². The smallest absolute Gasteiger partial charge is 0.355 e. The van der Waals surface area contributed by atoms with E-state index >= 15 is 0 Å². The zero-order valence-electron chi connectivity index (χ0n) is 10.5. The zero-order chi connectivity index (χ0) is 14.0. The van der Waals surface area contributed by atoms with Crippen molar-refractivity contribution < 1.29 is 23.5 Å². The fourth-order valence-corrected chi connectivity index (χ4v) is 1.90. The molecule has 0 radical (unpaired) electrons. The van der Waals surface area contributed by atoms with E-state index in [4.69, 9.17) is 9.47 Å². The van der Waals surface area contributed by atoms with E-state index in [1.54, 1.807) is 6.92 Å². The lowest BCUT2D eigenvalue weighted by atomic mass is 10.1. The van der Waals surface area contributed by atoms with E-state index < -0.39 is 11.8 Å². The van der Waals surface area contributed by atoms with E-state index in [9.17, 15) is 14.0 Å². The van der Waals surface area contributed by atoms with Gasteiger partial charge in [-0.25, -0.2) is 9.18 Å². The molecule has 0 aliphatic carbocycles. The van der Waals surface area contributed by atoms with Crippen LogP contribution in [0.2, 0.25) is 0 Å². The largest absolute Gasteiger partial charge is 0.494 e. The lowest BCUT2D eigenvalue weighted by Gasteiger charge is -2.01. The van der Waals surface area contributed by atoms with E-state index in [0.717, 1.165) is 0 Å². The molecule has 0 unspecified atom stereocenters. The van der Waals surface area contributed by atoms with Crippen molar-refractivity contribution in [2.75, 3.05) is 13.7 Å². The number of fused-ring (bicyclic) bond motifs is 1. The Bertz CT molecular complexity index is 648. The number of rotatable bonds is 4. The molecule has 0 atom stereocenters. The summed E-state index contributed by atoms with van der Waals surface area (Å²) in [6.45, 7) is 1.83. The van der Waals surface area contributed by atoms with Crippen LogP contribution in [0.3, 0.4) is 0 Å². The number of esters is 1. The molecule has 0 saturated heterocycles. The van der Waals surface area contributed by atoms with Crippen LogP contribution in [0.4, 0.5) is 4.39 Å². The highest BCUT2D eigenvalue weighted by atomic mass is 19.1. The molecule has 0 spiro atoms. The van der Waals surface area contributed by atoms with Gasteiger partial charge in [-0.05, 0) is 13.0 Å². The Morgan fingerprint density at radius 3 is 2.79 bits per heavy atom. The van der Waals surface area contributed by atoms with Gasteiger partial charge in [-0.3, -0.25) is 4.79 Å². The minimum Gasteiger partial charge on any atom is -0.494 e. The number of nitrogens with one attached hydrogen (secondary N) is 1. The Balaban J connectivity index is 2.73. The molecule has 2 aromatic rings. The number of methoxy groups -OCH3 is 1. The maximum absolute atomic E-state index is 13.4. The minimum absolute atomic E-state index is 0.00394. The molecule has 1 aromatic heterocycles. The van der Waals surface area contributed by atoms with Gasteiger partial charge in [0.25, 0.3) is 0 Å². The highest BCUT2D eigenvalue weighted by molar-refractivity contribution is 6.09. The quantitative estimate of drug-likeness (QED) is 0.680. The van der Waals surface area contributed by atoms with Crippen LogP contribution < -0.4 is 4.74 Å². The molecular formula is C13H12FNO4. The predicted octanol–water partition coefficient (Wildman–Crippen LogP) is 2.30. The lowest BCUT2D eigenvalue weighted by Crippen LogP contribution is -2.07. The summed E-state index contributed by atoms with van der Waals surface area (Å²) in [7, 11) is 1.37. The van der Waals surface area contributed by atoms with Crippen molar-refractivity contribution in [1.29, 1.82) is 0 Å². The number of ether oxygens (including phenoxy) is 2. The third kappa shape index (κ3) is 2.16.